The summed E-state index contributed by atoms with van der Waals surface area (Å²) in [6.07, 6.45) is 3.55. The Kier molecular flexibility index (Phi) is 9.00. The third kappa shape index (κ3) is 5.60. The maximum absolute atomic E-state index is 5.38. The Balaban J connectivity index is 0.00000144. The van der Waals surface area contributed by atoms with Crippen molar-refractivity contribution in [3.05, 3.63) is 42.2 Å². The molecule has 1 aromatic carbocycles. The molecule has 0 unspecified atom stereocenters. The summed E-state index contributed by atoms with van der Waals surface area (Å²) in [4.78, 5) is 11.1. The molecule has 0 spiro atoms. The van der Waals surface area contributed by atoms with Crippen molar-refractivity contribution >= 4 is 30.5 Å². The van der Waals surface area contributed by atoms with E-state index in [2.05, 4.69) is 45.3 Å². The highest BCUT2D eigenvalue weighted by atomic mass is 35.5. The third-order valence-electron chi connectivity index (χ3n) is 3.83. The van der Waals surface area contributed by atoms with E-state index in [9.17, 15) is 0 Å². The van der Waals surface area contributed by atoms with Crippen molar-refractivity contribution in [2.75, 3.05) is 44.7 Å². The summed E-state index contributed by atoms with van der Waals surface area (Å²) in [5.74, 6) is 0.761. The van der Waals surface area contributed by atoms with E-state index in [-0.39, 0.29) is 24.8 Å². The third-order valence-corrected chi connectivity index (χ3v) is 3.83. The van der Waals surface area contributed by atoms with Crippen LogP contribution in [0.4, 0.5) is 5.69 Å². The van der Waals surface area contributed by atoms with E-state index in [0.717, 1.165) is 56.5 Å². The van der Waals surface area contributed by atoms with Gasteiger partial charge in [0.05, 0.1) is 13.2 Å². The number of benzene rings is 1. The lowest BCUT2D eigenvalue weighted by Gasteiger charge is -2.26. The minimum Gasteiger partial charge on any atom is -0.383 e. The standard InChI is InChI=1S/C17H22N4O.2ClH/c1-14-3-4-15(17-19-5-2-6-20-17)16(13-14)18-7-8-21-9-11-22-12-10-21;;/h2-6,13,18H,7-12H2,1H3;2*1H. The Morgan fingerprint density at radius 3 is 2.54 bits per heavy atom. The Morgan fingerprint density at radius 1 is 1.12 bits per heavy atom. The lowest BCUT2D eigenvalue weighted by molar-refractivity contribution is 0.0398. The summed E-state index contributed by atoms with van der Waals surface area (Å²) in [7, 11) is 0. The first-order chi connectivity index (χ1) is 10.8. The van der Waals surface area contributed by atoms with Gasteiger partial charge in [-0.05, 0) is 30.7 Å². The predicted octanol–water partition coefficient (Wildman–Crippen LogP) is 3.04. The fourth-order valence-corrected chi connectivity index (χ4v) is 2.61. The van der Waals surface area contributed by atoms with Gasteiger partial charge in [-0.15, -0.1) is 24.8 Å². The summed E-state index contributed by atoms with van der Waals surface area (Å²) in [5, 5.41) is 3.54. The van der Waals surface area contributed by atoms with Gasteiger partial charge in [0.1, 0.15) is 0 Å². The van der Waals surface area contributed by atoms with Crippen LogP contribution in [0, 0.1) is 6.92 Å². The fraction of sp³-hybridized carbons (Fsp3) is 0.412. The maximum Gasteiger partial charge on any atom is 0.161 e. The molecule has 24 heavy (non-hydrogen) atoms. The molecule has 0 radical (unpaired) electrons. The molecule has 7 heteroatoms. The molecule has 0 amide bonds. The number of anilines is 1. The summed E-state index contributed by atoms with van der Waals surface area (Å²) < 4.78 is 5.38. The Labute approximate surface area is 155 Å². The van der Waals surface area contributed by atoms with E-state index in [1.54, 1.807) is 12.4 Å². The molecule has 0 aliphatic carbocycles. The Morgan fingerprint density at radius 2 is 1.83 bits per heavy atom. The van der Waals surface area contributed by atoms with Crippen molar-refractivity contribution in [2.45, 2.75) is 6.92 Å². The van der Waals surface area contributed by atoms with Crippen molar-refractivity contribution in [1.82, 2.24) is 14.9 Å². The first kappa shape index (κ1) is 20.6. The highest BCUT2D eigenvalue weighted by Crippen LogP contribution is 2.25. The topological polar surface area (TPSA) is 50.3 Å². The van der Waals surface area contributed by atoms with Crippen LogP contribution in [0.5, 0.6) is 0 Å². The van der Waals surface area contributed by atoms with Crippen molar-refractivity contribution < 1.29 is 4.74 Å². The van der Waals surface area contributed by atoms with Crippen LogP contribution in [-0.4, -0.2) is 54.3 Å². The molecule has 1 aliphatic heterocycles. The van der Waals surface area contributed by atoms with Crippen LogP contribution >= 0.6 is 24.8 Å². The van der Waals surface area contributed by atoms with E-state index >= 15 is 0 Å². The highest BCUT2D eigenvalue weighted by molar-refractivity contribution is 5.85. The summed E-state index contributed by atoms with van der Waals surface area (Å²) >= 11 is 0. The van der Waals surface area contributed by atoms with Gasteiger partial charge in [-0.1, -0.05) is 6.07 Å². The van der Waals surface area contributed by atoms with Gasteiger partial charge in [-0.3, -0.25) is 4.90 Å². The first-order valence-corrected chi connectivity index (χ1v) is 7.75. The van der Waals surface area contributed by atoms with E-state index in [0.29, 0.717) is 0 Å². The molecule has 1 saturated heterocycles. The van der Waals surface area contributed by atoms with Crippen LogP contribution in [0.2, 0.25) is 0 Å². The van der Waals surface area contributed by atoms with Crippen molar-refractivity contribution in [1.29, 1.82) is 0 Å². The molecular weight excluding hydrogens is 347 g/mol. The minimum atomic E-state index is 0. The molecule has 0 saturated carbocycles. The summed E-state index contributed by atoms with van der Waals surface area (Å²) in [6, 6.07) is 8.18. The number of ether oxygens (including phenoxy) is 1. The van der Waals surface area contributed by atoms with Crippen molar-refractivity contribution in [3.63, 3.8) is 0 Å². The molecule has 2 aromatic rings. The summed E-state index contributed by atoms with van der Waals surface area (Å²) in [6.45, 7) is 7.74. The second-order valence-electron chi connectivity index (χ2n) is 5.50. The zero-order chi connectivity index (χ0) is 15.2. The number of hydrogen-bond donors (Lipinski definition) is 1. The molecule has 1 fully saturated rings. The van der Waals surface area contributed by atoms with Crippen LogP contribution in [0.1, 0.15) is 5.56 Å². The van der Waals surface area contributed by atoms with Gasteiger partial charge in [0.2, 0.25) is 0 Å². The molecule has 0 atom stereocenters. The predicted molar refractivity (Wildman–Crippen MR) is 102 cm³/mol. The van der Waals surface area contributed by atoms with Gasteiger partial charge in [0, 0.05) is 49.8 Å². The molecule has 2 heterocycles. The number of aromatic nitrogens is 2. The normalized spacial score (nSPS) is 14.4. The summed E-state index contributed by atoms with van der Waals surface area (Å²) in [5.41, 5.74) is 3.38. The van der Waals surface area contributed by atoms with Gasteiger partial charge < -0.3 is 10.1 Å². The smallest absolute Gasteiger partial charge is 0.161 e. The molecule has 132 valence electrons. The van der Waals surface area contributed by atoms with E-state index in [1.165, 1.54) is 5.56 Å². The first-order valence-electron chi connectivity index (χ1n) is 7.75. The zero-order valence-corrected chi connectivity index (χ0v) is 15.4. The van der Waals surface area contributed by atoms with Gasteiger partial charge in [-0.2, -0.15) is 0 Å². The number of morpholine rings is 1. The molecule has 3 rings (SSSR count). The highest BCUT2D eigenvalue weighted by Gasteiger charge is 2.11. The molecule has 1 aromatic heterocycles. The number of nitrogens with one attached hydrogen (secondary N) is 1. The zero-order valence-electron chi connectivity index (χ0n) is 13.8. The largest absolute Gasteiger partial charge is 0.383 e. The fourth-order valence-electron chi connectivity index (χ4n) is 2.61. The molecule has 0 bridgehead atoms. The number of rotatable bonds is 5. The second-order valence-corrected chi connectivity index (χ2v) is 5.50. The molecule has 5 nitrogen and oxygen atoms in total. The van der Waals surface area contributed by atoms with Gasteiger partial charge >= 0.3 is 0 Å². The number of nitrogens with zero attached hydrogens (tertiary/aromatic N) is 3. The van der Waals surface area contributed by atoms with Crippen molar-refractivity contribution in [2.24, 2.45) is 0 Å². The van der Waals surface area contributed by atoms with Crippen LogP contribution in [-0.2, 0) is 4.74 Å². The van der Waals surface area contributed by atoms with Crippen LogP contribution in [0.25, 0.3) is 11.4 Å². The van der Waals surface area contributed by atoms with Gasteiger partial charge in [-0.25, -0.2) is 9.97 Å². The number of aryl methyl sites for hydroxylation is 1. The molecule has 1 N–H and O–H groups in total. The average molecular weight is 371 g/mol. The van der Waals surface area contributed by atoms with Crippen LogP contribution in [0.15, 0.2) is 36.7 Å². The maximum atomic E-state index is 5.38. The van der Waals surface area contributed by atoms with E-state index in [4.69, 9.17) is 4.74 Å². The lowest BCUT2D eigenvalue weighted by atomic mass is 10.1. The van der Waals surface area contributed by atoms with Crippen LogP contribution < -0.4 is 5.32 Å². The van der Waals surface area contributed by atoms with Crippen molar-refractivity contribution in [3.8, 4) is 11.4 Å². The Bertz CT molecular complexity index is 607. The minimum absolute atomic E-state index is 0. The quantitative estimate of drug-likeness (QED) is 0.876. The van der Waals surface area contributed by atoms with E-state index in [1.807, 2.05) is 6.07 Å². The number of hydrogen-bond acceptors (Lipinski definition) is 5. The van der Waals surface area contributed by atoms with Gasteiger partial charge in [0.15, 0.2) is 5.82 Å². The monoisotopic (exact) mass is 370 g/mol. The molecular formula is C17H24Cl2N4O. The average Bonchev–Trinajstić information content (AvgIpc) is 2.57. The lowest BCUT2D eigenvalue weighted by Crippen LogP contribution is -2.39. The Hall–Kier alpha value is -1.40. The molecule has 1 aliphatic rings. The second kappa shape index (κ2) is 10.5. The van der Waals surface area contributed by atoms with Crippen LogP contribution in [0.3, 0.4) is 0 Å². The number of halogens is 2. The van der Waals surface area contributed by atoms with Gasteiger partial charge in [0.25, 0.3) is 0 Å². The SMILES string of the molecule is Cc1ccc(-c2ncccn2)c(NCCN2CCOCC2)c1.Cl.Cl. The van der Waals surface area contributed by atoms with E-state index < -0.39 is 0 Å².